The Hall–Kier alpha value is -3.37. The first-order valence-corrected chi connectivity index (χ1v) is 15.6. The van der Waals surface area contributed by atoms with E-state index < -0.39 is 11.5 Å². The molecule has 1 saturated heterocycles. The fourth-order valence-electron chi connectivity index (χ4n) is 4.86. The normalized spacial score (nSPS) is 14.1. The minimum absolute atomic E-state index is 0. The number of hydrogen-bond acceptors (Lipinski definition) is 8. The summed E-state index contributed by atoms with van der Waals surface area (Å²) in [5, 5.41) is 14.5. The van der Waals surface area contributed by atoms with E-state index in [1.807, 2.05) is 36.0 Å². The lowest BCUT2D eigenvalue weighted by atomic mass is 9.93. The first-order chi connectivity index (χ1) is 20.6. The minimum Gasteiger partial charge on any atom is -1.00 e. The third-order valence-corrected chi connectivity index (χ3v) is 8.15. The highest BCUT2D eigenvalue weighted by molar-refractivity contribution is 7.14. The van der Waals surface area contributed by atoms with Gasteiger partial charge in [0, 0.05) is 61.2 Å². The van der Waals surface area contributed by atoms with E-state index in [-0.39, 0.29) is 52.4 Å². The molecule has 1 fully saturated rings. The van der Waals surface area contributed by atoms with Crippen LogP contribution in [-0.2, 0) is 15.0 Å². The molecule has 2 amide bonds. The molecule has 4 heterocycles. The number of rotatable bonds is 10. The number of fused-ring (bicyclic) bond motifs is 1. The van der Waals surface area contributed by atoms with Crippen LogP contribution in [0.2, 0.25) is 0 Å². The maximum Gasteiger partial charge on any atom is 0.328 e. The molecule has 0 aliphatic carbocycles. The van der Waals surface area contributed by atoms with Crippen molar-refractivity contribution in [2.24, 2.45) is 0 Å². The molecule has 1 aliphatic heterocycles. The van der Waals surface area contributed by atoms with E-state index in [1.54, 1.807) is 0 Å². The molecule has 12 nitrogen and oxygen atoms in total. The lowest BCUT2D eigenvalue weighted by molar-refractivity contribution is -0.870. The van der Waals surface area contributed by atoms with E-state index in [0.29, 0.717) is 49.1 Å². The summed E-state index contributed by atoms with van der Waals surface area (Å²) in [6, 6.07) is 3.04. The highest BCUT2D eigenvalue weighted by Crippen LogP contribution is 2.27. The summed E-state index contributed by atoms with van der Waals surface area (Å²) < 4.78 is 2.15. The number of unbranched alkanes of at least 4 members (excludes halogenated alkanes) is 1. The van der Waals surface area contributed by atoms with E-state index in [9.17, 15) is 24.3 Å². The second kappa shape index (κ2) is 14.8. The molecule has 0 unspecified atom stereocenters. The Bertz CT molecular complexity index is 1630. The first-order valence-electron chi connectivity index (χ1n) is 14.7. The molecule has 0 atom stereocenters. The van der Waals surface area contributed by atoms with Gasteiger partial charge in [-0.25, -0.2) is 14.8 Å². The number of carboxylic acid groups (broad SMARTS) is 1. The largest absolute Gasteiger partial charge is 1.00 e. The molecule has 0 spiro atoms. The third-order valence-electron chi connectivity index (χ3n) is 7.39. The van der Waals surface area contributed by atoms with Gasteiger partial charge in [0.05, 0.1) is 38.9 Å². The number of thiazole rings is 1. The monoisotopic (exact) mass is 751 g/mol. The zero-order chi connectivity index (χ0) is 32.2. The number of carbonyl (C=O) groups excluding carboxylic acids is 2. The number of nitrogens with one attached hydrogen (secondary N) is 1. The van der Waals surface area contributed by atoms with Gasteiger partial charge in [-0.15, -0.1) is 11.3 Å². The molecule has 2 N–H and O–H groups in total. The van der Waals surface area contributed by atoms with Gasteiger partial charge in [-0.3, -0.25) is 24.1 Å². The molecule has 0 saturated carbocycles. The highest BCUT2D eigenvalue weighted by atomic mass is 127. The molecular weight excluding hydrogens is 709 g/mol. The minimum atomic E-state index is -1.19. The number of carboxylic acids is 1. The average Bonchev–Trinajstić information content (AvgIpc) is 3.43. The number of halogens is 1. The zero-order valence-electron chi connectivity index (χ0n) is 26.7. The number of hydrogen-bond donors (Lipinski definition) is 2. The van der Waals surface area contributed by atoms with Crippen molar-refractivity contribution in [1.29, 1.82) is 0 Å². The highest BCUT2D eigenvalue weighted by Gasteiger charge is 2.25. The van der Waals surface area contributed by atoms with Crippen molar-refractivity contribution < 1.29 is 47.9 Å². The fourth-order valence-corrected chi connectivity index (χ4v) is 5.79. The maximum atomic E-state index is 13.5. The van der Waals surface area contributed by atoms with E-state index in [4.69, 9.17) is 4.98 Å². The van der Waals surface area contributed by atoms with Gasteiger partial charge in [0.25, 0.3) is 11.5 Å². The number of carbonyl (C=O) groups is 3. The van der Waals surface area contributed by atoms with Gasteiger partial charge in [-0.1, -0.05) is 20.8 Å². The fraction of sp³-hybridized carbons (Fsp3) is 0.484. The van der Waals surface area contributed by atoms with Crippen LogP contribution in [0.5, 0.6) is 0 Å². The van der Waals surface area contributed by atoms with Gasteiger partial charge in [0.15, 0.2) is 5.13 Å². The van der Waals surface area contributed by atoms with Crippen molar-refractivity contribution in [1.82, 2.24) is 19.3 Å². The van der Waals surface area contributed by atoms with E-state index in [1.165, 1.54) is 40.1 Å². The first kappa shape index (κ1) is 36.1. The van der Waals surface area contributed by atoms with E-state index >= 15 is 0 Å². The number of piperazine rings is 1. The molecule has 1 aliphatic rings. The molecule has 0 bridgehead atoms. The predicted molar refractivity (Wildman–Crippen MR) is 172 cm³/mol. The second-order valence-corrected chi connectivity index (χ2v) is 13.9. The summed E-state index contributed by atoms with van der Waals surface area (Å²) in [4.78, 5) is 63.7. The van der Waals surface area contributed by atoms with Gasteiger partial charge >= 0.3 is 5.97 Å². The Labute approximate surface area is 284 Å². The topological polar surface area (TPSA) is 137 Å². The number of anilines is 2. The van der Waals surface area contributed by atoms with Crippen LogP contribution < -0.4 is 39.8 Å². The lowest BCUT2D eigenvalue weighted by Gasteiger charge is -2.36. The van der Waals surface area contributed by atoms with E-state index in [2.05, 4.69) is 31.4 Å². The van der Waals surface area contributed by atoms with E-state index in [0.717, 1.165) is 35.6 Å². The molecule has 14 heteroatoms. The summed E-state index contributed by atoms with van der Waals surface area (Å²) in [6.07, 6.45) is 5.91. The van der Waals surface area contributed by atoms with Crippen molar-refractivity contribution in [2.45, 2.75) is 45.4 Å². The van der Waals surface area contributed by atoms with Gasteiger partial charge < -0.3 is 43.4 Å². The van der Waals surface area contributed by atoms with Gasteiger partial charge in [0.2, 0.25) is 5.91 Å². The number of nitrogens with zero attached hydrogens (tertiary/aromatic N) is 6. The molecule has 3 aromatic heterocycles. The SMILES string of the molecule is CC(C)(C)c1csc(NC(=O)c2ccn3c(=O)c(C=CC(=O)O)c(N4CCN(C(=O)CCCC[N+](C)(C)C)CC4)nc3c2)n1.[I-]. The Morgan fingerprint density at radius 3 is 2.38 bits per heavy atom. The summed E-state index contributed by atoms with van der Waals surface area (Å²) in [5.41, 5.74) is 0.929. The van der Waals surface area contributed by atoms with Crippen molar-refractivity contribution in [2.75, 3.05) is 64.1 Å². The standard InChI is InChI=1S/C31H41N7O5S.HI/c1-31(2,3)23-20-44-30(32-23)34-28(42)21-12-13-37-24(19-21)33-27(22(29(37)43)10-11-26(40)41)36-16-14-35(15-17-36)25(39)9-7-8-18-38(4,5)6;/h10-13,19-20H,7-9,14-18H2,1-6H3,(H-,32,34,40,41,42);1H. The maximum absolute atomic E-state index is 13.5. The van der Waals surface area contributed by atoms with Crippen LogP contribution >= 0.6 is 11.3 Å². The molecule has 45 heavy (non-hydrogen) atoms. The van der Waals surface area contributed by atoms with Crippen LogP contribution in [0.1, 0.15) is 61.6 Å². The molecule has 0 radical (unpaired) electrons. The number of aromatic nitrogens is 3. The average molecular weight is 752 g/mol. The number of quaternary nitrogens is 1. The Kier molecular flexibility index (Phi) is 11.9. The van der Waals surface area contributed by atoms with Crippen LogP contribution in [0.3, 0.4) is 0 Å². The lowest BCUT2D eigenvalue weighted by Crippen LogP contribution is -3.00. The smallest absolute Gasteiger partial charge is 0.328 e. The number of aliphatic carboxylic acids is 1. The summed E-state index contributed by atoms with van der Waals surface area (Å²) in [5.74, 6) is -1.16. The van der Waals surface area contributed by atoms with Crippen LogP contribution in [0.25, 0.3) is 11.7 Å². The molecule has 3 aromatic rings. The van der Waals surface area contributed by atoms with Crippen LogP contribution in [0.4, 0.5) is 10.9 Å². The summed E-state index contributed by atoms with van der Waals surface area (Å²) in [7, 11) is 6.40. The molecule has 0 aromatic carbocycles. The number of amides is 2. The Balaban J connectivity index is 0.00000552. The van der Waals surface area contributed by atoms with Crippen LogP contribution in [0, 0.1) is 0 Å². The third kappa shape index (κ3) is 9.56. The zero-order valence-corrected chi connectivity index (χ0v) is 29.6. The summed E-state index contributed by atoms with van der Waals surface area (Å²) >= 11 is 1.34. The molecule has 4 rings (SSSR count). The van der Waals surface area contributed by atoms with Crippen LogP contribution in [0.15, 0.2) is 34.6 Å². The van der Waals surface area contributed by atoms with Crippen molar-refractivity contribution >= 4 is 51.8 Å². The summed E-state index contributed by atoms with van der Waals surface area (Å²) in [6.45, 7) is 8.93. The van der Waals surface area contributed by atoms with Crippen LogP contribution in [-0.4, -0.2) is 101 Å². The Morgan fingerprint density at radius 1 is 1.09 bits per heavy atom. The van der Waals surface area contributed by atoms with Gasteiger partial charge in [-0.05, 0) is 31.1 Å². The number of pyridine rings is 1. The van der Waals surface area contributed by atoms with Crippen molar-refractivity contribution in [3.8, 4) is 0 Å². The quantitative estimate of drug-likeness (QED) is 0.131. The van der Waals surface area contributed by atoms with Gasteiger partial charge in [-0.2, -0.15) is 0 Å². The van der Waals surface area contributed by atoms with Gasteiger partial charge in [0.1, 0.15) is 11.5 Å². The second-order valence-electron chi connectivity index (χ2n) is 13.1. The molecular formula is C31H42IN7O5S. The predicted octanol–water partition coefficient (Wildman–Crippen LogP) is 0.328. The molecule has 244 valence electrons. The van der Waals surface area contributed by atoms with Crippen molar-refractivity contribution in [3.05, 3.63) is 57.0 Å². The van der Waals surface area contributed by atoms with Crippen molar-refractivity contribution in [3.63, 3.8) is 0 Å². The Morgan fingerprint density at radius 2 is 1.78 bits per heavy atom.